The van der Waals surface area contributed by atoms with Crippen LogP contribution < -0.4 is 10.6 Å². The van der Waals surface area contributed by atoms with E-state index in [1.54, 1.807) is 0 Å². The quantitative estimate of drug-likeness (QED) is 0.411. The Bertz CT molecular complexity index is 304. The molecule has 0 saturated carbocycles. The monoisotopic (exact) mass is 353 g/mol. The van der Waals surface area contributed by atoms with Crippen molar-refractivity contribution in [2.24, 2.45) is 0 Å². The number of rotatable bonds is 16. The Kier molecular flexibility index (Phi) is 15.1. The number of carbonyl (C=O) groups is 1. The van der Waals surface area contributed by atoms with Crippen LogP contribution in [-0.4, -0.2) is 50.1 Å². The zero-order valence-electron chi connectivity index (χ0n) is 16.8. The average molecular weight is 354 g/mol. The van der Waals surface area contributed by atoms with Crippen molar-refractivity contribution in [3.63, 3.8) is 0 Å². The van der Waals surface area contributed by atoms with Crippen molar-refractivity contribution in [2.75, 3.05) is 39.3 Å². The molecule has 4 heteroatoms. The van der Waals surface area contributed by atoms with Crippen LogP contribution in [0.1, 0.15) is 90.4 Å². The Hall–Kier alpha value is -0.610. The second-order valence-corrected chi connectivity index (χ2v) is 7.58. The van der Waals surface area contributed by atoms with Gasteiger partial charge in [0.15, 0.2) is 0 Å². The highest BCUT2D eigenvalue weighted by molar-refractivity contribution is 5.75. The van der Waals surface area contributed by atoms with E-state index in [1.807, 2.05) is 0 Å². The predicted octanol–water partition coefficient (Wildman–Crippen LogP) is 4.10. The highest BCUT2D eigenvalue weighted by atomic mass is 16.1. The molecule has 1 amide bonds. The van der Waals surface area contributed by atoms with E-state index in [1.165, 1.54) is 70.6 Å². The molecule has 0 aliphatic carbocycles. The van der Waals surface area contributed by atoms with Crippen LogP contribution >= 0.6 is 0 Å². The molecule has 0 atom stereocenters. The molecule has 0 aromatic carbocycles. The van der Waals surface area contributed by atoms with Gasteiger partial charge < -0.3 is 15.5 Å². The van der Waals surface area contributed by atoms with Crippen LogP contribution in [0.15, 0.2) is 0 Å². The SMILES string of the molecule is CCCCCCCCCCCCCCNC(=O)CCN1CCNCC1. The third kappa shape index (κ3) is 14.3. The van der Waals surface area contributed by atoms with E-state index in [9.17, 15) is 4.79 Å². The lowest BCUT2D eigenvalue weighted by Gasteiger charge is -2.26. The third-order valence-corrected chi connectivity index (χ3v) is 5.22. The van der Waals surface area contributed by atoms with Crippen LogP contribution in [0.3, 0.4) is 0 Å². The molecule has 2 N–H and O–H groups in total. The number of hydrogen-bond donors (Lipinski definition) is 2. The fourth-order valence-electron chi connectivity index (χ4n) is 3.48. The van der Waals surface area contributed by atoms with E-state index in [4.69, 9.17) is 0 Å². The number of amides is 1. The molecule has 1 fully saturated rings. The van der Waals surface area contributed by atoms with E-state index in [0.717, 1.165) is 45.7 Å². The minimum atomic E-state index is 0.224. The zero-order chi connectivity index (χ0) is 18.0. The van der Waals surface area contributed by atoms with Crippen molar-refractivity contribution >= 4 is 5.91 Å². The summed E-state index contributed by atoms with van der Waals surface area (Å²) in [6.07, 6.45) is 17.0. The van der Waals surface area contributed by atoms with Crippen LogP contribution in [-0.2, 0) is 4.79 Å². The lowest BCUT2D eigenvalue weighted by molar-refractivity contribution is -0.121. The van der Waals surface area contributed by atoms with E-state index in [-0.39, 0.29) is 5.91 Å². The molecular formula is C21H43N3O. The average Bonchev–Trinajstić information content (AvgIpc) is 2.64. The second-order valence-electron chi connectivity index (χ2n) is 7.58. The molecule has 1 heterocycles. The van der Waals surface area contributed by atoms with Gasteiger partial charge in [-0.3, -0.25) is 4.79 Å². The summed E-state index contributed by atoms with van der Waals surface area (Å²) in [4.78, 5) is 14.2. The molecule has 0 radical (unpaired) electrons. The molecule has 0 spiro atoms. The predicted molar refractivity (Wildman–Crippen MR) is 108 cm³/mol. The van der Waals surface area contributed by atoms with Gasteiger partial charge in [0.25, 0.3) is 0 Å². The van der Waals surface area contributed by atoms with E-state index >= 15 is 0 Å². The van der Waals surface area contributed by atoms with Crippen LogP contribution in [0, 0.1) is 0 Å². The summed E-state index contributed by atoms with van der Waals surface area (Å²) >= 11 is 0. The van der Waals surface area contributed by atoms with Gasteiger partial charge in [-0.25, -0.2) is 0 Å². The Morgan fingerprint density at radius 1 is 0.840 bits per heavy atom. The summed E-state index contributed by atoms with van der Waals surface area (Å²) < 4.78 is 0. The summed E-state index contributed by atoms with van der Waals surface area (Å²) in [7, 11) is 0. The topological polar surface area (TPSA) is 44.4 Å². The molecule has 0 unspecified atom stereocenters. The molecule has 4 nitrogen and oxygen atoms in total. The van der Waals surface area contributed by atoms with E-state index < -0.39 is 0 Å². The highest BCUT2D eigenvalue weighted by Gasteiger charge is 2.10. The summed E-state index contributed by atoms with van der Waals surface area (Å²) in [6.45, 7) is 8.31. The first-order valence-electron chi connectivity index (χ1n) is 11.0. The van der Waals surface area contributed by atoms with Crippen molar-refractivity contribution in [3.05, 3.63) is 0 Å². The first-order chi connectivity index (χ1) is 12.3. The Morgan fingerprint density at radius 2 is 1.36 bits per heavy atom. The van der Waals surface area contributed by atoms with Gasteiger partial charge in [0.2, 0.25) is 5.91 Å². The lowest BCUT2D eigenvalue weighted by atomic mass is 10.1. The van der Waals surface area contributed by atoms with Crippen molar-refractivity contribution < 1.29 is 4.79 Å². The Morgan fingerprint density at radius 3 is 1.92 bits per heavy atom. The minimum absolute atomic E-state index is 0.224. The molecule has 1 aliphatic heterocycles. The number of hydrogen-bond acceptors (Lipinski definition) is 3. The maximum absolute atomic E-state index is 11.8. The highest BCUT2D eigenvalue weighted by Crippen LogP contribution is 2.11. The minimum Gasteiger partial charge on any atom is -0.356 e. The maximum Gasteiger partial charge on any atom is 0.221 e. The maximum atomic E-state index is 11.8. The molecule has 0 aromatic rings. The van der Waals surface area contributed by atoms with Gasteiger partial charge in [-0.2, -0.15) is 0 Å². The Labute approximate surface area is 156 Å². The summed E-state index contributed by atoms with van der Waals surface area (Å²) in [6, 6.07) is 0. The molecule has 1 saturated heterocycles. The number of carbonyl (C=O) groups excluding carboxylic acids is 1. The molecule has 1 aliphatic rings. The van der Waals surface area contributed by atoms with Gasteiger partial charge in [-0.15, -0.1) is 0 Å². The van der Waals surface area contributed by atoms with Crippen molar-refractivity contribution in [1.82, 2.24) is 15.5 Å². The lowest BCUT2D eigenvalue weighted by Crippen LogP contribution is -2.44. The molecule has 148 valence electrons. The fraction of sp³-hybridized carbons (Fsp3) is 0.952. The van der Waals surface area contributed by atoms with Crippen LogP contribution in [0.5, 0.6) is 0 Å². The van der Waals surface area contributed by atoms with Crippen molar-refractivity contribution in [2.45, 2.75) is 90.4 Å². The molecule has 25 heavy (non-hydrogen) atoms. The van der Waals surface area contributed by atoms with Crippen LogP contribution in [0.2, 0.25) is 0 Å². The number of nitrogens with one attached hydrogen (secondary N) is 2. The third-order valence-electron chi connectivity index (χ3n) is 5.22. The van der Waals surface area contributed by atoms with Crippen LogP contribution in [0.25, 0.3) is 0 Å². The summed E-state index contributed by atoms with van der Waals surface area (Å²) in [5, 5.41) is 6.42. The number of unbranched alkanes of at least 4 members (excludes halogenated alkanes) is 11. The molecule has 0 bridgehead atoms. The number of nitrogens with zero attached hydrogens (tertiary/aromatic N) is 1. The molecule has 1 rings (SSSR count). The number of piperazine rings is 1. The molecular weight excluding hydrogens is 310 g/mol. The summed E-state index contributed by atoms with van der Waals surface area (Å²) in [5.74, 6) is 0.224. The zero-order valence-corrected chi connectivity index (χ0v) is 16.8. The fourth-order valence-corrected chi connectivity index (χ4v) is 3.48. The van der Waals surface area contributed by atoms with Gasteiger partial charge in [0.05, 0.1) is 0 Å². The second kappa shape index (κ2) is 16.8. The van der Waals surface area contributed by atoms with Crippen molar-refractivity contribution in [3.8, 4) is 0 Å². The standard InChI is InChI=1S/C21H43N3O/c1-2-3-4-5-6-7-8-9-10-11-12-13-15-23-21(25)14-18-24-19-16-22-17-20-24/h22H,2-20H2,1H3,(H,23,25). The first kappa shape index (κ1) is 22.4. The molecule has 0 aromatic heterocycles. The van der Waals surface area contributed by atoms with Gasteiger partial charge in [0.1, 0.15) is 0 Å². The first-order valence-corrected chi connectivity index (χ1v) is 11.0. The normalized spacial score (nSPS) is 15.4. The van der Waals surface area contributed by atoms with Crippen LogP contribution in [0.4, 0.5) is 0 Å². The van der Waals surface area contributed by atoms with Gasteiger partial charge in [0, 0.05) is 45.7 Å². The Balaban J connectivity index is 1.75. The van der Waals surface area contributed by atoms with Gasteiger partial charge >= 0.3 is 0 Å². The largest absolute Gasteiger partial charge is 0.356 e. The van der Waals surface area contributed by atoms with Gasteiger partial charge in [-0.1, -0.05) is 77.6 Å². The van der Waals surface area contributed by atoms with Gasteiger partial charge in [-0.05, 0) is 6.42 Å². The summed E-state index contributed by atoms with van der Waals surface area (Å²) in [5.41, 5.74) is 0. The van der Waals surface area contributed by atoms with Crippen molar-refractivity contribution in [1.29, 1.82) is 0 Å². The smallest absolute Gasteiger partial charge is 0.221 e. The van der Waals surface area contributed by atoms with E-state index in [2.05, 4.69) is 22.5 Å². The van der Waals surface area contributed by atoms with E-state index in [0.29, 0.717) is 6.42 Å².